The van der Waals surface area contributed by atoms with Gasteiger partial charge in [0.05, 0.1) is 16.8 Å². The molecule has 2 rings (SSSR count). The Kier molecular flexibility index (Phi) is 5.66. The second-order valence-electron chi connectivity index (χ2n) is 4.30. The second kappa shape index (κ2) is 7.51. The molecule has 8 heteroatoms. The molecule has 0 unspecified atom stereocenters. The fourth-order valence-corrected chi connectivity index (χ4v) is 4.03. The number of benzene rings is 1. The summed E-state index contributed by atoms with van der Waals surface area (Å²) in [5.41, 5.74) is 0.593. The Bertz CT molecular complexity index is 858. The van der Waals surface area contributed by atoms with Crippen molar-refractivity contribution in [2.75, 3.05) is 11.6 Å². The molecule has 1 aromatic heterocycles. The predicted molar refractivity (Wildman–Crippen MR) is 92.7 cm³/mol. The molecule has 1 N–H and O–H groups in total. The topological polar surface area (TPSA) is 82.8 Å². The van der Waals surface area contributed by atoms with Crippen LogP contribution in [0.5, 0.6) is 0 Å². The lowest BCUT2D eigenvalue weighted by atomic mass is 10.4. The minimum atomic E-state index is -3.94. The summed E-state index contributed by atoms with van der Waals surface area (Å²) in [6.45, 7) is 0. The third-order valence-electron chi connectivity index (χ3n) is 2.82. The normalized spacial score (nSPS) is 12.2. The zero-order chi connectivity index (χ0) is 16.9. The van der Waals surface area contributed by atoms with E-state index >= 15 is 0 Å². The highest BCUT2D eigenvalue weighted by Crippen LogP contribution is 2.28. The molecule has 0 fully saturated rings. The number of nitrogens with one attached hydrogen (secondary N) is 1. The average molecular weight is 366 g/mol. The van der Waals surface area contributed by atoms with Crippen LogP contribution in [0.15, 0.2) is 63.6 Å². The first-order chi connectivity index (χ1) is 11.0. The lowest BCUT2D eigenvalue weighted by Gasteiger charge is -2.11. The van der Waals surface area contributed by atoms with Gasteiger partial charge in [0.25, 0.3) is 0 Å². The summed E-state index contributed by atoms with van der Waals surface area (Å²) in [5, 5.41) is 12.9. The van der Waals surface area contributed by atoms with E-state index in [2.05, 4.69) is 10.3 Å². The number of halogens is 1. The van der Waals surface area contributed by atoms with Gasteiger partial charge in [0, 0.05) is 11.2 Å². The molecule has 5 nitrogen and oxygen atoms in total. The molecule has 0 atom stereocenters. The zero-order valence-electron chi connectivity index (χ0n) is 12.0. The highest BCUT2D eigenvalue weighted by atomic mass is 35.5. The Morgan fingerprint density at radius 2 is 2.00 bits per heavy atom. The highest BCUT2D eigenvalue weighted by molar-refractivity contribution is 8.04. The van der Waals surface area contributed by atoms with Gasteiger partial charge in [0.1, 0.15) is 11.1 Å². The van der Waals surface area contributed by atoms with Crippen LogP contribution in [0.2, 0.25) is 5.02 Å². The molecule has 0 radical (unpaired) electrons. The van der Waals surface area contributed by atoms with Crippen LogP contribution in [-0.4, -0.2) is 19.7 Å². The SMILES string of the molecule is CSC(Nc1cccnc1)=C(C#N)S(=O)(=O)c1ccc(Cl)cc1. The maximum atomic E-state index is 12.7. The van der Waals surface area contributed by atoms with Gasteiger partial charge in [-0.3, -0.25) is 4.98 Å². The van der Waals surface area contributed by atoms with Gasteiger partial charge in [0.15, 0.2) is 4.91 Å². The summed E-state index contributed by atoms with van der Waals surface area (Å²) in [6.07, 6.45) is 4.83. The fraction of sp³-hybridized carbons (Fsp3) is 0.0667. The van der Waals surface area contributed by atoms with E-state index < -0.39 is 9.84 Å². The highest BCUT2D eigenvalue weighted by Gasteiger charge is 2.25. The molecule has 2 aromatic rings. The van der Waals surface area contributed by atoms with Gasteiger partial charge in [-0.25, -0.2) is 8.42 Å². The van der Waals surface area contributed by atoms with Crippen LogP contribution in [0.3, 0.4) is 0 Å². The first-order valence-electron chi connectivity index (χ1n) is 6.35. The van der Waals surface area contributed by atoms with Gasteiger partial charge in [-0.05, 0) is 42.7 Å². The summed E-state index contributed by atoms with van der Waals surface area (Å²) in [7, 11) is -3.94. The standard InChI is InChI=1S/C15H12ClN3O2S2/c1-22-15(19-12-3-2-8-18-10-12)14(9-17)23(20,21)13-6-4-11(16)5-7-13/h2-8,10,19H,1H3. The van der Waals surface area contributed by atoms with Crippen molar-refractivity contribution in [2.24, 2.45) is 0 Å². The van der Waals surface area contributed by atoms with Gasteiger partial charge in [-0.1, -0.05) is 11.6 Å². The van der Waals surface area contributed by atoms with Crippen LogP contribution in [-0.2, 0) is 9.84 Å². The van der Waals surface area contributed by atoms with Crippen molar-refractivity contribution in [3.8, 4) is 6.07 Å². The maximum Gasteiger partial charge on any atom is 0.219 e. The quantitative estimate of drug-likeness (QED) is 0.814. The van der Waals surface area contributed by atoms with Crippen molar-refractivity contribution in [3.63, 3.8) is 0 Å². The lowest BCUT2D eigenvalue weighted by Crippen LogP contribution is -2.10. The molecule has 0 bridgehead atoms. The molecule has 23 heavy (non-hydrogen) atoms. The van der Waals surface area contributed by atoms with Crippen molar-refractivity contribution < 1.29 is 8.42 Å². The molecule has 0 amide bonds. The van der Waals surface area contributed by atoms with E-state index in [0.29, 0.717) is 10.7 Å². The summed E-state index contributed by atoms with van der Waals surface area (Å²) in [4.78, 5) is 3.61. The Balaban J connectivity index is 2.50. The van der Waals surface area contributed by atoms with E-state index in [0.717, 1.165) is 11.8 Å². The average Bonchev–Trinajstić information content (AvgIpc) is 2.55. The molecule has 1 aromatic carbocycles. The zero-order valence-corrected chi connectivity index (χ0v) is 14.4. The summed E-state index contributed by atoms with van der Waals surface area (Å²) < 4.78 is 25.3. The number of allylic oxidation sites excluding steroid dienone is 1. The Labute approximate surface area is 143 Å². The van der Waals surface area contributed by atoms with E-state index in [1.165, 1.54) is 24.3 Å². The molecule has 0 spiro atoms. The van der Waals surface area contributed by atoms with Crippen molar-refractivity contribution >= 4 is 38.9 Å². The maximum absolute atomic E-state index is 12.7. The monoisotopic (exact) mass is 365 g/mol. The molecule has 0 aliphatic rings. The lowest BCUT2D eigenvalue weighted by molar-refractivity contribution is 0.603. The third kappa shape index (κ3) is 4.05. The van der Waals surface area contributed by atoms with Crippen LogP contribution < -0.4 is 5.32 Å². The number of sulfone groups is 1. The molecule has 118 valence electrons. The molecule has 0 saturated carbocycles. The first kappa shape index (κ1) is 17.3. The Hall–Kier alpha value is -2.01. The Morgan fingerprint density at radius 1 is 1.30 bits per heavy atom. The van der Waals surface area contributed by atoms with Gasteiger partial charge in [-0.2, -0.15) is 5.26 Å². The second-order valence-corrected chi connectivity index (χ2v) is 7.44. The number of nitrogens with zero attached hydrogens (tertiary/aromatic N) is 2. The Morgan fingerprint density at radius 3 is 2.52 bits per heavy atom. The van der Waals surface area contributed by atoms with Gasteiger partial charge >= 0.3 is 0 Å². The fourth-order valence-electron chi connectivity index (χ4n) is 1.73. The van der Waals surface area contributed by atoms with Crippen molar-refractivity contribution in [1.82, 2.24) is 4.98 Å². The molecular formula is C15H12ClN3O2S2. The van der Waals surface area contributed by atoms with Crippen molar-refractivity contribution in [1.29, 1.82) is 5.26 Å². The van der Waals surface area contributed by atoms with E-state index in [1.54, 1.807) is 36.9 Å². The number of nitriles is 1. The minimum Gasteiger partial charge on any atom is -0.347 e. The number of hydrogen-bond donors (Lipinski definition) is 1. The molecular weight excluding hydrogens is 354 g/mol. The van der Waals surface area contributed by atoms with E-state index in [1.807, 2.05) is 0 Å². The van der Waals surface area contributed by atoms with Crippen LogP contribution in [0.4, 0.5) is 5.69 Å². The molecule has 1 heterocycles. The van der Waals surface area contributed by atoms with Crippen LogP contribution in [0.1, 0.15) is 0 Å². The van der Waals surface area contributed by atoms with Crippen LogP contribution in [0, 0.1) is 11.3 Å². The molecule has 0 aliphatic carbocycles. The van der Waals surface area contributed by atoms with E-state index in [9.17, 15) is 13.7 Å². The minimum absolute atomic E-state index is 0.0120. The smallest absolute Gasteiger partial charge is 0.219 e. The van der Waals surface area contributed by atoms with E-state index in [4.69, 9.17) is 11.6 Å². The first-order valence-corrected chi connectivity index (χ1v) is 9.43. The van der Waals surface area contributed by atoms with Crippen LogP contribution >= 0.6 is 23.4 Å². The predicted octanol–water partition coefficient (Wildman–Crippen LogP) is 3.68. The summed E-state index contributed by atoms with van der Waals surface area (Å²) in [5.74, 6) is 0. The largest absolute Gasteiger partial charge is 0.347 e. The number of rotatable bonds is 5. The third-order valence-corrected chi connectivity index (χ3v) is 5.65. The van der Waals surface area contributed by atoms with E-state index in [-0.39, 0.29) is 14.8 Å². The van der Waals surface area contributed by atoms with Gasteiger partial charge in [-0.15, -0.1) is 11.8 Å². The number of pyridine rings is 1. The summed E-state index contributed by atoms with van der Waals surface area (Å²) >= 11 is 6.91. The van der Waals surface area contributed by atoms with Gasteiger partial charge in [0.2, 0.25) is 9.84 Å². The molecule has 0 saturated heterocycles. The number of hydrogen-bond acceptors (Lipinski definition) is 6. The van der Waals surface area contributed by atoms with Crippen molar-refractivity contribution in [3.05, 3.63) is 63.7 Å². The van der Waals surface area contributed by atoms with Crippen LogP contribution in [0.25, 0.3) is 0 Å². The van der Waals surface area contributed by atoms with Crippen molar-refractivity contribution in [2.45, 2.75) is 4.90 Å². The number of thioether (sulfide) groups is 1. The van der Waals surface area contributed by atoms with Gasteiger partial charge < -0.3 is 5.32 Å². The number of anilines is 1. The summed E-state index contributed by atoms with van der Waals surface area (Å²) in [6, 6.07) is 10.9. The number of aromatic nitrogens is 1. The molecule has 0 aliphatic heterocycles.